The molecule has 0 radical (unpaired) electrons. The third-order valence-corrected chi connectivity index (χ3v) is 2.91. The normalized spacial score (nSPS) is 18.3. The second-order valence-electron chi connectivity index (χ2n) is 4.40. The molecule has 1 fully saturated rings. The molecule has 0 atom stereocenters. The van der Waals surface area contributed by atoms with Gasteiger partial charge >= 0.3 is 0 Å². The number of aliphatic hydroxyl groups is 1. The van der Waals surface area contributed by atoms with Crippen molar-refractivity contribution in [2.24, 2.45) is 0 Å². The molecular formula is C11H16N2O3. The lowest BCUT2D eigenvalue weighted by Crippen LogP contribution is -2.63. The largest absolute Gasteiger partial charge is 0.438 e. The van der Waals surface area contributed by atoms with E-state index >= 15 is 0 Å². The molecule has 1 amide bonds. The van der Waals surface area contributed by atoms with Crippen molar-refractivity contribution in [2.45, 2.75) is 32.3 Å². The minimum atomic E-state index is -0.696. The average Bonchev–Trinajstić information content (AvgIpc) is 2.60. The quantitative estimate of drug-likeness (QED) is 0.830. The number of aromatic nitrogens is 1. The number of oxazole rings is 1. The van der Waals surface area contributed by atoms with E-state index in [9.17, 15) is 9.90 Å². The molecule has 5 nitrogen and oxygen atoms in total. The second-order valence-corrected chi connectivity index (χ2v) is 4.40. The zero-order valence-corrected chi connectivity index (χ0v) is 9.56. The van der Waals surface area contributed by atoms with E-state index < -0.39 is 5.60 Å². The summed E-state index contributed by atoms with van der Waals surface area (Å²) in [4.78, 5) is 17.3. The summed E-state index contributed by atoms with van der Waals surface area (Å²) in [6.07, 6.45) is 2.91. The highest BCUT2D eigenvalue weighted by Gasteiger charge is 2.43. The summed E-state index contributed by atoms with van der Waals surface area (Å²) >= 11 is 0. The molecule has 88 valence electrons. The van der Waals surface area contributed by atoms with Crippen molar-refractivity contribution in [3.8, 4) is 0 Å². The van der Waals surface area contributed by atoms with Gasteiger partial charge in [-0.15, -0.1) is 0 Å². The van der Waals surface area contributed by atoms with Gasteiger partial charge in [0.25, 0.3) is 5.91 Å². The van der Waals surface area contributed by atoms with Crippen molar-refractivity contribution in [3.63, 3.8) is 0 Å². The average molecular weight is 224 g/mol. The Hall–Kier alpha value is -1.36. The number of likely N-dealkylation sites (tertiary alicyclic amines) is 1. The molecule has 1 saturated heterocycles. The highest BCUT2D eigenvalue weighted by atomic mass is 16.4. The van der Waals surface area contributed by atoms with Crippen LogP contribution in [0.25, 0.3) is 0 Å². The van der Waals surface area contributed by atoms with Gasteiger partial charge in [-0.2, -0.15) is 0 Å². The number of carbonyl (C=O) groups excluding carboxylic acids is 1. The highest BCUT2D eigenvalue weighted by Crippen LogP contribution is 2.27. The predicted molar refractivity (Wildman–Crippen MR) is 57.0 cm³/mol. The van der Waals surface area contributed by atoms with Crippen molar-refractivity contribution < 1.29 is 14.3 Å². The SMILES string of the molecule is CCCC1(O)CN(C(=O)c2ocnc2C)C1. The van der Waals surface area contributed by atoms with Crippen LogP contribution in [-0.2, 0) is 0 Å². The van der Waals surface area contributed by atoms with Gasteiger partial charge in [0.05, 0.1) is 24.4 Å². The van der Waals surface area contributed by atoms with Gasteiger partial charge in [-0.25, -0.2) is 4.98 Å². The first-order chi connectivity index (χ1) is 7.56. The summed E-state index contributed by atoms with van der Waals surface area (Å²) < 4.78 is 5.03. The standard InChI is InChI=1S/C11H16N2O3/c1-3-4-11(15)5-13(6-11)10(14)9-8(2)12-7-16-9/h7,15H,3-6H2,1-2H3. The van der Waals surface area contributed by atoms with E-state index in [-0.39, 0.29) is 11.7 Å². The van der Waals surface area contributed by atoms with Crippen LogP contribution in [0.3, 0.4) is 0 Å². The maximum absolute atomic E-state index is 11.9. The van der Waals surface area contributed by atoms with E-state index in [0.717, 1.165) is 12.8 Å². The lowest BCUT2D eigenvalue weighted by atomic mass is 9.89. The van der Waals surface area contributed by atoms with Crippen LogP contribution in [0, 0.1) is 6.92 Å². The monoisotopic (exact) mass is 224 g/mol. The fourth-order valence-electron chi connectivity index (χ4n) is 2.08. The minimum Gasteiger partial charge on any atom is -0.438 e. The van der Waals surface area contributed by atoms with Crippen molar-refractivity contribution in [2.75, 3.05) is 13.1 Å². The number of carbonyl (C=O) groups is 1. The Kier molecular flexibility index (Phi) is 2.71. The molecule has 0 spiro atoms. The van der Waals surface area contributed by atoms with E-state index in [1.807, 2.05) is 6.92 Å². The van der Waals surface area contributed by atoms with Crippen molar-refractivity contribution >= 4 is 5.91 Å². The molecule has 1 aliphatic heterocycles. The molecule has 2 rings (SSSR count). The Morgan fingerprint density at radius 2 is 2.38 bits per heavy atom. The molecule has 0 unspecified atom stereocenters. The minimum absolute atomic E-state index is 0.184. The highest BCUT2D eigenvalue weighted by molar-refractivity contribution is 5.93. The Labute approximate surface area is 94.1 Å². The molecule has 1 aliphatic rings. The lowest BCUT2D eigenvalue weighted by Gasteiger charge is -2.46. The third-order valence-electron chi connectivity index (χ3n) is 2.91. The summed E-state index contributed by atoms with van der Waals surface area (Å²) in [6.45, 7) is 4.53. The fourth-order valence-corrected chi connectivity index (χ4v) is 2.08. The van der Waals surface area contributed by atoms with Crippen LogP contribution < -0.4 is 0 Å². The molecule has 5 heteroatoms. The van der Waals surface area contributed by atoms with E-state index in [0.29, 0.717) is 18.8 Å². The molecule has 0 saturated carbocycles. The summed E-state index contributed by atoms with van der Waals surface area (Å²) in [7, 11) is 0. The maximum Gasteiger partial charge on any atom is 0.291 e. The van der Waals surface area contributed by atoms with Crippen molar-refractivity contribution in [1.82, 2.24) is 9.88 Å². The number of nitrogens with zero attached hydrogens (tertiary/aromatic N) is 2. The van der Waals surface area contributed by atoms with Crippen LogP contribution in [-0.4, -0.2) is 39.6 Å². The number of aryl methyl sites for hydroxylation is 1. The third kappa shape index (κ3) is 1.82. The lowest BCUT2D eigenvalue weighted by molar-refractivity contribution is -0.0868. The summed E-state index contributed by atoms with van der Waals surface area (Å²) in [6, 6.07) is 0. The summed E-state index contributed by atoms with van der Waals surface area (Å²) in [5.41, 5.74) is -0.103. The number of hydrogen-bond donors (Lipinski definition) is 1. The molecular weight excluding hydrogens is 208 g/mol. The van der Waals surface area contributed by atoms with Crippen LogP contribution in [0.1, 0.15) is 36.0 Å². The molecule has 1 aromatic heterocycles. The first-order valence-electron chi connectivity index (χ1n) is 5.47. The molecule has 0 aliphatic carbocycles. The number of rotatable bonds is 3. The first kappa shape index (κ1) is 11.1. The zero-order valence-electron chi connectivity index (χ0n) is 9.56. The van der Waals surface area contributed by atoms with Crippen LogP contribution in [0.4, 0.5) is 0 Å². The van der Waals surface area contributed by atoms with Gasteiger partial charge in [-0.1, -0.05) is 13.3 Å². The second kappa shape index (κ2) is 3.90. The van der Waals surface area contributed by atoms with Crippen molar-refractivity contribution in [1.29, 1.82) is 0 Å². The van der Waals surface area contributed by atoms with E-state index in [2.05, 4.69) is 4.98 Å². The topological polar surface area (TPSA) is 66.6 Å². The molecule has 16 heavy (non-hydrogen) atoms. The van der Waals surface area contributed by atoms with Crippen LogP contribution in [0.2, 0.25) is 0 Å². The molecule has 1 N–H and O–H groups in total. The van der Waals surface area contributed by atoms with Gasteiger partial charge in [-0.05, 0) is 13.3 Å². The van der Waals surface area contributed by atoms with Crippen LogP contribution >= 0.6 is 0 Å². The Morgan fingerprint density at radius 1 is 1.69 bits per heavy atom. The maximum atomic E-state index is 11.9. The Bertz CT molecular complexity index is 394. The number of hydrogen-bond acceptors (Lipinski definition) is 4. The molecule has 0 bridgehead atoms. The Balaban J connectivity index is 1.98. The zero-order chi connectivity index (χ0) is 11.8. The van der Waals surface area contributed by atoms with Gasteiger partial charge in [0.15, 0.2) is 6.39 Å². The Morgan fingerprint density at radius 3 is 2.88 bits per heavy atom. The van der Waals surface area contributed by atoms with Crippen LogP contribution in [0.15, 0.2) is 10.8 Å². The molecule has 1 aromatic rings. The summed E-state index contributed by atoms with van der Waals surface area (Å²) in [5.74, 6) is 0.0920. The number of amides is 1. The van der Waals surface area contributed by atoms with Gasteiger partial charge < -0.3 is 14.4 Å². The molecule has 2 heterocycles. The van der Waals surface area contributed by atoms with E-state index in [1.165, 1.54) is 6.39 Å². The number of β-amino-alcohol motifs (C(OH)–C–C–N with tert-alkyl or cyclic N) is 1. The van der Waals surface area contributed by atoms with Crippen molar-refractivity contribution in [3.05, 3.63) is 17.8 Å². The fraction of sp³-hybridized carbons (Fsp3) is 0.636. The predicted octanol–water partition coefficient (Wildman–Crippen LogP) is 0.970. The summed E-state index contributed by atoms with van der Waals surface area (Å²) in [5, 5.41) is 9.96. The first-order valence-corrected chi connectivity index (χ1v) is 5.47. The molecule has 0 aromatic carbocycles. The van der Waals surface area contributed by atoms with Gasteiger partial charge in [0.1, 0.15) is 0 Å². The smallest absolute Gasteiger partial charge is 0.291 e. The van der Waals surface area contributed by atoms with Gasteiger partial charge in [0.2, 0.25) is 5.76 Å². The van der Waals surface area contributed by atoms with E-state index in [1.54, 1.807) is 11.8 Å². The van der Waals surface area contributed by atoms with E-state index in [4.69, 9.17) is 4.42 Å². The van der Waals surface area contributed by atoms with Crippen LogP contribution in [0.5, 0.6) is 0 Å². The van der Waals surface area contributed by atoms with Gasteiger partial charge in [-0.3, -0.25) is 4.79 Å². The van der Waals surface area contributed by atoms with Gasteiger partial charge in [0, 0.05) is 0 Å².